The Morgan fingerprint density at radius 3 is 2.39 bits per heavy atom. The van der Waals surface area contributed by atoms with Crippen LogP contribution in [0.1, 0.15) is 25.8 Å². The minimum atomic E-state index is -1.09. The van der Waals surface area contributed by atoms with Crippen molar-refractivity contribution >= 4 is 29.4 Å². The maximum absolute atomic E-state index is 11.8. The van der Waals surface area contributed by atoms with Crippen molar-refractivity contribution in [1.82, 2.24) is 10.6 Å². The minimum Gasteiger partial charge on any atom is -0.480 e. The molecular formula is C16H21ClN2O4. The summed E-state index contributed by atoms with van der Waals surface area (Å²) in [7, 11) is 0. The molecule has 0 radical (unpaired) electrons. The highest BCUT2D eigenvalue weighted by Crippen LogP contribution is 2.15. The summed E-state index contributed by atoms with van der Waals surface area (Å²) in [4.78, 5) is 34.6. The lowest BCUT2D eigenvalue weighted by Gasteiger charge is -2.16. The van der Waals surface area contributed by atoms with Crippen LogP contribution in [0.3, 0.4) is 0 Å². The molecule has 0 saturated heterocycles. The first-order chi connectivity index (χ1) is 10.8. The van der Waals surface area contributed by atoms with Gasteiger partial charge in [0.05, 0.1) is 13.0 Å². The van der Waals surface area contributed by atoms with Gasteiger partial charge in [-0.05, 0) is 24.0 Å². The third-order valence-corrected chi connectivity index (χ3v) is 3.46. The number of carbonyl (C=O) groups is 3. The monoisotopic (exact) mass is 340 g/mol. The lowest BCUT2D eigenvalue weighted by molar-refractivity contribution is -0.142. The van der Waals surface area contributed by atoms with Gasteiger partial charge in [0, 0.05) is 5.02 Å². The highest BCUT2D eigenvalue weighted by molar-refractivity contribution is 6.31. The van der Waals surface area contributed by atoms with Crippen LogP contribution in [0, 0.1) is 5.92 Å². The maximum Gasteiger partial charge on any atom is 0.326 e. The summed E-state index contributed by atoms with van der Waals surface area (Å²) in [5.41, 5.74) is 0.662. The Kier molecular flexibility index (Phi) is 7.54. The number of nitrogens with one attached hydrogen (secondary N) is 2. The van der Waals surface area contributed by atoms with E-state index >= 15 is 0 Å². The van der Waals surface area contributed by atoms with Crippen LogP contribution in [0.15, 0.2) is 24.3 Å². The molecule has 7 heteroatoms. The third-order valence-electron chi connectivity index (χ3n) is 3.10. The zero-order valence-electron chi connectivity index (χ0n) is 13.1. The van der Waals surface area contributed by atoms with E-state index in [0.717, 1.165) is 0 Å². The normalized spacial score (nSPS) is 11.8. The van der Waals surface area contributed by atoms with E-state index in [2.05, 4.69) is 10.6 Å². The van der Waals surface area contributed by atoms with Gasteiger partial charge in [-0.3, -0.25) is 9.59 Å². The van der Waals surface area contributed by atoms with Crippen LogP contribution < -0.4 is 10.6 Å². The molecule has 0 aromatic heterocycles. The Balaban J connectivity index is 2.44. The van der Waals surface area contributed by atoms with Gasteiger partial charge in [-0.1, -0.05) is 43.6 Å². The van der Waals surface area contributed by atoms with Gasteiger partial charge in [0.25, 0.3) is 0 Å². The van der Waals surface area contributed by atoms with Crippen molar-refractivity contribution < 1.29 is 19.5 Å². The van der Waals surface area contributed by atoms with Crippen LogP contribution in [0.5, 0.6) is 0 Å². The molecule has 1 rings (SSSR count). The fourth-order valence-corrected chi connectivity index (χ4v) is 2.20. The fraction of sp³-hybridized carbons (Fsp3) is 0.438. The van der Waals surface area contributed by atoms with Crippen molar-refractivity contribution in [3.8, 4) is 0 Å². The summed E-state index contributed by atoms with van der Waals surface area (Å²) in [6.45, 7) is 3.46. The first-order valence-corrected chi connectivity index (χ1v) is 7.69. The largest absolute Gasteiger partial charge is 0.480 e. The van der Waals surface area contributed by atoms with Gasteiger partial charge < -0.3 is 15.7 Å². The van der Waals surface area contributed by atoms with Crippen LogP contribution in [0.4, 0.5) is 0 Å². The number of rotatable bonds is 8. The lowest BCUT2D eigenvalue weighted by Crippen LogP contribution is -2.46. The van der Waals surface area contributed by atoms with Crippen molar-refractivity contribution in [3.05, 3.63) is 34.9 Å². The molecule has 126 valence electrons. The average Bonchev–Trinajstić information content (AvgIpc) is 2.46. The second-order valence-corrected chi connectivity index (χ2v) is 6.04. The zero-order valence-corrected chi connectivity index (χ0v) is 13.9. The number of carbonyl (C=O) groups excluding carboxylic acids is 2. The van der Waals surface area contributed by atoms with E-state index in [1.54, 1.807) is 24.3 Å². The highest BCUT2D eigenvalue weighted by atomic mass is 35.5. The Bertz CT molecular complexity index is 575. The molecule has 6 nitrogen and oxygen atoms in total. The molecule has 0 bridgehead atoms. The topological polar surface area (TPSA) is 95.5 Å². The number of halogens is 1. The number of hydrogen-bond donors (Lipinski definition) is 3. The molecule has 1 aromatic rings. The molecule has 0 unspecified atom stereocenters. The second-order valence-electron chi connectivity index (χ2n) is 5.63. The molecule has 0 saturated carbocycles. The van der Waals surface area contributed by atoms with Crippen LogP contribution in [0.2, 0.25) is 5.02 Å². The number of carboxylic acids is 1. The zero-order chi connectivity index (χ0) is 17.4. The number of hydrogen-bond acceptors (Lipinski definition) is 3. The number of aliphatic carboxylic acids is 1. The highest BCUT2D eigenvalue weighted by Gasteiger charge is 2.21. The van der Waals surface area contributed by atoms with Crippen molar-refractivity contribution in [2.45, 2.75) is 32.7 Å². The quantitative estimate of drug-likeness (QED) is 0.670. The van der Waals surface area contributed by atoms with Crippen LogP contribution in [-0.2, 0) is 20.8 Å². The second kappa shape index (κ2) is 9.15. The van der Waals surface area contributed by atoms with Gasteiger partial charge in [-0.2, -0.15) is 0 Å². The van der Waals surface area contributed by atoms with E-state index < -0.39 is 17.9 Å². The molecule has 0 heterocycles. The van der Waals surface area contributed by atoms with Crippen molar-refractivity contribution in [2.24, 2.45) is 5.92 Å². The van der Waals surface area contributed by atoms with Crippen molar-refractivity contribution in [1.29, 1.82) is 0 Å². The first kappa shape index (κ1) is 19.0. The third kappa shape index (κ3) is 7.15. The summed E-state index contributed by atoms with van der Waals surface area (Å²) >= 11 is 5.96. The molecule has 0 aliphatic rings. The molecule has 0 fully saturated rings. The smallest absolute Gasteiger partial charge is 0.326 e. The summed E-state index contributed by atoms with van der Waals surface area (Å²) in [6, 6.07) is 5.98. The number of carboxylic acid groups (broad SMARTS) is 1. The van der Waals surface area contributed by atoms with E-state index in [-0.39, 0.29) is 24.8 Å². The molecule has 1 aromatic carbocycles. The van der Waals surface area contributed by atoms with Gasteiger partial charge in [0.15, 0.2) is 0 Å². The Morgan fingerprint density at radius 2 is 1.83 bits per heavy atom. The van der Waals surface area contributed by atoms with Gasteiger partial charge in [-0.15, -0.1) is 0 Å². The fourth-order valence-electron chi connectivity index (χ4n) is 1.99. The number of amides is 2. The van der Waals surface area contributed by atoms with Crippen LogP contribution in [0.25, 0.3) is 0 Å². The summed E-state index contributed by atoms with van der Waals surface area (Å²) in [5.74, 6) is -1.85. The van der Waals surface area contributed by atoms with E-state index in [9.17, 15) is 14.4 Å². The van der Waals surface area contributed by atoms with E-state index in [4.69, 9.17) is 16.7 Å². The summed E-state index contributed by atoms with van der Waals surface area (Å²) in [5, 5.41) is 14.4. The molecule has 0 spiro atoms. The van der Waals surface area contributed by atoms with E-state index in [1.165, 1.54) is 0 Å². The van der Waals surface area contributed by atoms with Crippen LogP contribution >= 0.6 is 11.6 Å². The Labute approximate surface area is 140 Å². The molecule has 2 amide bonds. The average molecular weight is 341 g/mol. The minimum absolute atomic E-state index is 0.0569. The molecule has 3 N–H and O–H groups in total. The first-order valence-electron chi connectivity index (χ1n) is 7.32. The lowest BCUT2D eigenvalue weighted by atomic mass is 10.0. The maximum atomic E-state index is 11.8. The van der Waals surface area contributed by atoms with Gasteiger partial charge >= 0.3 is 5.97 Å². The summed E-state index contributed by atoms with van der Waals surface area (Å²) in [6.07, 6.45) is 0.385. The molecule has 23 heavy (non-hydrogen) atoms. The number of benzene rings is 1. The van der Waals surface area contributed by atoms with Crippen molar-refractivity contribution in [2.75, 3.05) is 6.54 Å². The SMILES string of the molecule is CC(C)C[C@H](NC(=O)CNC(=O)Cc1ccccc1Cl)C(=O)O. The van der Waals surface area contributed by atoms with Gasteiger partial charge in [0.2, 0.25) is 11.8 Å². The van der Waals surface area contributed by atoms with Crippen molar-refractivity contribution in [3.63, 3.8) is 0 Å². The van der Waals surface area contributed by atoms with E-state index in [0.29, 0.717) is 17.0 Å². The Hall–Kier alpha value is -2.08. The van der Waals surface area contributed by atoms with Gasteiger partial charge in [-0.25, -0.2) is 4.79 Å². The van der Waals surface area contributed by atoms with Crippen LogP contribution in [-0.4, -0.2) is 35.5 Å². The summed E-state index contributed by atoms with van der Waals surface area (Å²) < 4.78 is 0. The Morgan fingerprint density at radius 1 is 1.17 bits per heavy atom. The molecule has 0 aliphatic carbocycles. The van der Waals surface area contributed by atoms with E-state index in [1.807, 2.05) is 13.8 Å². The predicted molar refractivity (Wildman–Crippen MR) is 87.2 cm³/mol. The molecular weight excluding hydrogens is 320 g/mol. The van der Waals surface area contributed by atoms with Gasteiger partial charge in [0.1, 0.15) is 6.04 Å². The molecule has 1 atom stereocenters. The molecule has 0 aliphatic heterocycles. The standard InChI is InChI=1S/C16H21ClN2O4/c1-10(2)7-13(16(22)23)19-15(21)9-18-14(20)8-11-5-3-4-6-12(11)17/h3-6,10,13H,7-9H2,1-2H3,(H,18,20)(H,19,21)(H,22,23)/t13-/m0/s1. The predicted octanol–water partition coefficient (Wildman–Crippen LogP) is 1.61.